The molecule has 0 radical (unpaired) electrons. The first-order chi connectivity index (χ1) is 9.70. The second kappa shape index (κ2) is 5.82. The standard InChI is InChI=1S/C12H15F3N2O3S/c1-9-8-17(7-6-16-9)21(18,19)11-5-3-2-4-10(11)20-12(13,14)15/h2-5,9,16H,6-8H2,1H3. The van der Waals surface area contributed by atoms with Crippen LogP contribution in [0, 0.1) is 0 Å². The molecule has 5 nitrogen and oxygen atoms in total. The zero-order valence-electron chi connectivity index (χ0n) is 11.2. The first kappa shape index (κ1) is 16.1. The first-order valence-electron chi connectivity index (χ1n) is 6.28. The number of alkyl halides is 3. The molecule has 0 bridgehead atoms. The normalized spacial score (nSPS) is 21.2. The summed E-state index contributed by atoms with van der Waals surface area (Å²) in [7, 11) is -4.03. The topological polar surface area (TPSA) is 58.6 Å². The zero-order chi connectivity index (χ0) is 15.7. The van der Waals surface area contributed by atoms with Gasteiger partial charge in [0.25, 0.3) is 0 Å². The summed E-state index contributed by atoms with van der Waals surface area (Å²) in [6, 6.07) is 4.70. The lowest BCUT2D eigenvalue weighted by molar-refractivity contribution is -0.275. The number of benzene rings is 1. The largest absolute Gasteiger partial charge is 0.573 e. The fourth-order valence-corrected chi connectivity index (χ4v) is 3.77. The van der Waals surface area contributed by atoms with Crippen molar-refractivity contribution in [2.24, 2.45) is 0 Å². The lowest BCUT2D eigenvalue weighted by Crippen LogP contribution is -2.51. The molecule has 1 unspecified atom stereocenters. The van der Waals surface area contributed by atoms with E-state index in [0.29, 0.717) is 6.54 Å². The number of piperazine rings is 1. The Morgan fingerprint density at radius 3 is 2.62 bits per heavy atom. The van der Waals surface area contributed by atoms with E-state index in [4.69, 9.17) is 0 Å². The predicted octanol–water partition coefficient (Wildman–Crippen LogP) is 1.57. The molecule has 0 spiro atoms. The van der Waals surface area contributed by atoms with E-state index in [0.717, 1.165) is 16.4 Å². The van der Waals surface area contributed by atoms with Gasteiger partial charge in [0.2, 0.25) is 10.0 Å². The molecule has 9 heteroatoms. The van der Waals surface area contributed by atoms with E-state index in [-0.39, 0.29) is 19.1 Å². The third kappa shape index (κ3) is 3.86. The van der Waals surface area contributed by atoms with Gasteiger partial charge in [0.15, 0.2) is 0 Å². The molecular formula is C12H15F3N2O3S. The average molecular weight is 324 g/mol. The van der Waals surface area contributed by atoms with Crippen LogP contribution in [-0.2, 0) is 10.0 Å². The Balaban J connectivity index is 2.36. The van der Waals surface area contributed by atoms with Crippen molar-refractivity contribution in [3.8, 4) is 5.75 Å². The quantitative estimate of drug-likeness (QED) is 0.917. The van der Waals surface area contributed by atoms with Crippen molar-refractivity contribution < 1.29 is 26.3 Å². The maximum atomic E-state index is 12.5. The Morgan fingerprint density at radius 2 is 2.00 bits per heavy atom. The highest BCUT2D eigenvalue weighted by molar-refractivity contribution is 7.89. The molecule has 1 aliphatic rings. The van der Waals surface area contributed by atoms with Gasteiger partial charge in [-0.2, -0.15) is 4.31 Å². The van der Waals surface area contributed by atoms with E-state index in [1.807, 2.05) is 0 Å². The van der Waals surface area contributed by atoms with E-state index in [1.54, 1.807) is 6.92 Å². The van der Waals surface area contributed by atoms with E-state index < -0.39 is 27.0 Å². The van der Waals surface area contributed by atoms with Crippen LogP contribution >= 0.6 is 0 Å². The molecule has 0 saturated carbocycles. The summed E-state index contributed by atoms with van der Waals surface area (Å²) in [4.78, 5) is -0.476. The predicted molar refractivity (Wildman–Crippen MR) is 69.3 cm³/mol. The SMILES string of the molecule is CC1CN(S(=O)(=O)c2ccccc2OC(F)(F)F)CCN1. The molecule has 1 saturated heterocycles. The Labute approximate surface area is 120 Å². The molecule has 118 valence electrons. The summed E-state index contributed by atoms with van der Waals surface area (Å²) in [6.07, 6.45) is -4.94. The molecule has 1 aliphatic heterocycles. The maximum Gasteiger partial charge on any atom is 0.573 e. The molecule has 0 amide bonds. The number of nitrogens with zero attached hydrogens (tertiary/aromatic N) is 1. The summed E-state index contributed by atoms with van der Waals surface area (Å²) >= 11 is 0. The van der Waals surface area contributed by atoms with Crippen LogP contribution in [0.5, 0.6) is 5.75 Å². The molecule has 1 atom stereocenters. The number of nitrogens with one attached hydrogen (secondary N) is 1. The van der Waals surface area contributed by atoms with Crippen LogP contribution in [0.15, 0.2) is 29.2 Å². The number of rotatable bonds is 3. The zero-order valence-corrected chi connectivity index (χ0v) is 12.0. The fraction of sp³-hybridized carbons (Fsp3) is 0.500. The molecule has 0 aromatic heterocycles. The number of sulfonamides is 1. The summed E-state index contributed by atoms with van der Waals surface area (Å²) in [5.41, 5.74) is 0. The second-order valence-electron chi connectivity index (χ2n) is 4.71. The van der Waals surface area contributed by atoms with E-state index in [9.17, 15) is 21.6 Å². The van der Waals surface area contributed by atoms with Crippen LogP contribution < -0.4 is 10.1 Å². The van der Waals surface area contributed by atoms with Crippen LogP contribution in [0.3, 0.4) is 0 Å². The molecule has 0 aliphatic carbocycles. The third-order valence-electron chi connectivity index (χ3n) is 3.02. The van der Waals surface area contributed by atoms with Gasteiger partial charge in [-0.15, -0.1) is 13.2 Å². The van der Waals surface area contributed by atoms with Gasteiger partial charge in [-0.25, -0.2) is 8.42 Å². The van der Waals surface area contributed by atoms with Gasteiger partial charge in [-0.3, -0.25) is 0 Å². The Hall–Kier alpha value is -1.32. The lowest BCUT2D eigenvalue weighted by atomic mass is 10.3. The average Bonchev–Trinajstić information content (AvgIpc) is 2.37. The van der Waals surface area contributed by atoms with Crippen molar-refractivity contribution in [1.29, 1.82) is 0 Å². The molecule has 21 heavy (non-hydrogen) atoms. The van der Waals surface area contributed by atoms with Crippen molar-refractivity contribution in [2.45, 2.75) is 24.2 Å². The number of halogens is 3. The number of hydrogen-bond acceptors (Lipinski definition) is 4. The number of para-hydroxylation sites is 1. The monoisotopic (exact) mass is 324 g/mol. The fourth-order valence-electron chi connectivity index (χ4n) is 2.13. The highest BCUT2D eigenvalue weighted by Crippen LogP contribution is 2.31. The van der Waals surface area contributed by atoms with Crippen molar-refractivity contribution in [3.05, 3.63) is 24.3 Å². The van der Waals surface area contributed by atoms with E-state index in [1.165, 1.54) is 12.1 Å². The second-order valence-corrected chi connectivity index (χ2v) is 6.62. The van der Waals surface area contributed by atoms with E-state index in [2.05, 4.69) is 10.1 Å². The highest BCUT2D eigenvalue weighted by atomic mass is 32.2. The summed E-state index contributed by atoms with van der Waals surface area (Å²) < 4.78 is 67.1. The molecule has 2 rings (SSSR count). The Kier molecular flexibility index (Phi) is 4.45. The van der Waals surface area contributed by atoms with Gasteiger partial charge < -0.3 is 10.1 Å². The minimum Gasteiger partial charge on any atom is -0.404 e. The minimum atomic E-state index is -4.94. The maximum absolute atomic E-state index is 12.5. The van der Waals surface area contributed by atoms with Gasteiger partial charge in [0, 0.05) is 25.7 Å². The summed E-state index contributed by atoms with van der Waals surface area (Å²) in [5.74, 6) is -0.712. The summed E-state index contributed by atoms with van der Waals surface area (Å²) in [6.45, 7) is 2.65. The molecule has 1 fully saturated rings. The van der Waals surface area contributed by atoms with Gasteiger partial charge >= 0.3 is 6.36 Å². The van der Waals surface area contributed by atoms with Crippen molar-refractivity contribution in [2.75, 3.05) is 19.6 Å². The van der Waals surface area contributed by atoms with Gasteiger partial charge in [-0.1, -0.05) is 12.1 Å². The van der Waals surface area contributed by atoms with Crippen LogP contribution in [0.25, 0.3) is 0 Å². The van der Waals surface area contributed by atoms with Crippen LogP contribution in [0.4, 0.5) is 13.2 Å². The minimum absolute atomic E-state index is 0.0655. The van der Waals surface area contributed by atoms with Crippen LogP contribution in [-0.4, -0.2) is 44.8 Å². The van der Waals surface area contributed by atoms with E-state index >= 15 is 0 Å². The Bertz CT molecular complexity index is 604. The van der Waals surface area contributed by atoms with Gasteiger partial charge in [0.05, 0.1) is 0 Å². The molecule has 1 aromatic carbocycles. The number of hydrogen-bond donors (Lipinski definition) is 1. The van der Waals surface area contributed by atoms with Crippen LogP contribution in [0.1, 0.15) is 6.92 Å². The van der Waals surface area contributed by atoms with Crippen molar-refractivity contribution in [1.82, 2.24) is 9.62 Å². The lowest BCUT2D eigenvalue weighted by Gasteiger charge is -2.31. The van der Waals surface area contributed by atoms with Crippen molar-refractivity contribution in [3.63, 3.8) is 0 Å². The molecular weight excluding hydrogens is 309 g/mol. The Morgan fingerprint density at radius 1 is 1.33 bits per heavy atom. The van der Waals surface area contributed by atoms with Gasteiger partial charge in [0.1, 0.15) is 10.6 Å². The summed E-state index contributed by atoms with van der Waals surface area (Å²) in [5, 5.41) is 3.07. The molecule has 1 aromatic rings. The molecule has 1 heterocycles. The first-order valence-corrected chi connectivity index (χ1v) is 7.72. The van der Waals surface area contributed by atoms with Gasteiger partial charge in [-0.05, 0) is 19.1 Å². The number of ether oxygens (including phenoxy) is 1. The third-order valence-corrected chi connectivity index (χ3v) is 4.93. The molecule has 1 N–H and O–H groups in total. The highest BCUT2D eigenvalue weighted by Gasteiger charge is 2.36. The van der Waals surface area contributed by atoms with Crippen LogP contribution in [0.2, 0.25) is 0 Å². The van der Waals surface area contributed by atoms with Crippen molar-refractivity contribution >= 4 is 10.0 Å². The smallest absolute Gasteiger partial charge is 0.404 e.